The van der Waals surface area contributed by atoms with Crippen molar-refractivity contribution in [2.75, 3.05) is 6.54 Å². The maximum absolute atomic E-state index is 12.2. The maximum atomic E-state index is 12.2. The van der Waals surface area contributed by atoms with Crippen LogP contribution in [-0.4, -0.2) is 52.2 Å². The predicted octanol–water partition coefficient (Wildman–Crippen LogP) is 0.975. The third kappa shape index (κ3) is 3.65. The number of piperazine rings is 1. The zero-order valence-corrected chi connectivity index (χ0v) is 12.6. The van der Waals surface area contributed by atoms with Crippen molar-refractivity contribution >= 4 is 18.0 Å². The van der Waals surface area contributed by atoms with Crippen molar-refractivity contribution in [3.63, 3.8) is 0 Å². The molecule has 0 aromatic heterocycles. The predicted molar refractivity (Wildman–Crippen MR) is 73.6 cm³/mol. The van der Waals surface area contributed by atoms with Gasteiger partial charge in [-0.05, 0) is 40.0 Å². The first kappa shape index (κ1) is 15.6. The van der Waals surface area contributed by atoms with E-state index in [2.05, 4.69) is 5.32 Å². The van der Waals surface area contributed by atoms with Crippen LogP contribution in [0.15, 0.2) is 0 Å². The minimum Gasteiger partial charge on any atom is -0.481 e. The van der Waals surface area contributed by atoms with E-state index in [0.29, 0.717) is 19.3 Å². The van der Waals surface area contributed by atoms with Gasteiger partial charge in [0.05, 0.1) is 18.0 Å². The third-order valence-electron chi connectivity index (χ3n) is 3.85. The lowest BCUT2D eigenvalue weighted by Gasteiger charge is -2.45. The van der Waals surface area contributed by atoms with Crippen molar-refractivity contribution in [3.8, 4) is 0 Å². The van der Waals surface area contributed by atoms with Crippen molar-refractivity contribution in [2.45, 2.75) is 57.7 Å². The van der Waals surface area contributed by atoms with Crippen molar-refractivity contribution in [2.24, 2.45) is 5.92 Å². The van der Waals surface area contributed by atoms with Gasteiger partial charge in [-0.3, -0.25) is 14.5 Å². The Balaban J connectivity index is 2.11. The van der Waals surface area contributed by atoms with Crippen LogP contribution < -0.4 is 5.32 Å². The molecule has 2 N–H and O–H groups in total. The lowest BCUT2D eigenvalue weighted by Crippen LogP contribution is -2.64. The van der Waals surface area contributed by atoms with Crippen LogP contribution in [0.25, 0.3) is 0 Å². The minimum atomic E-state index is -0.850. The highest BCUT2D eigenvalue weighted by molar-refractivity contribution is 5.84. The molecule has 21 heavy (non-hydrogen) atoms. The highest BCUT2D eigenvalue weighted by Crippen LogP contribution is 2.31. The van der Waals surface area contributed by atoms with Crippen LogP contribution in [-0.2, 0) is 14.3 Å². The number of hydrogen-bond acceptors (Lipinski definition) is 4. The van der Waals surface area contributed by atoms with Gasteiger partial charge in [-0.15, -0.1) is 0 Å². The highest BCUT2D eigenvalue weighted by atomic mass is 16.6. The summed E-state index contributed by atoms with van der Waals surface area (Å²) in [5.41, 5.74) is -0.626. The molecule has 7 heteroatoms. The lowest BCUT2D eigenvalue weighted by molar-refractivity contribution is -0.145. The topological polar surface area (TPSA) is 95.9 Å². The van der Waals surface area contributed by atoms with Crippen LogP contribution >= 0.6 is 0 Å². The smallest absolute Gasteiger partial charge is 0.411 e. The van der Waals surface area contributed by atoms with Gasteiger partial charge >= 0.3 is 12.1 Å². The molecule has 3 atom stereocenters. The molecule has 2 fully saturated rings. The summed E-state index contributed by atoms with van der Waals surface area (Å²) >= 11 is 0. The average Bonchev–Trinajstić information content (AvgIpc) is 2.34. The van der Waals surface area contributed by atoms with Crippen LogP contribution in [0.4, 0.5) is 4.79 Å². The van der Waals surface area contributed by atoms with Crippen LogP contribution in [0.1, 0.15) is 40.0 Å². The van der Waals surface area contributed by atoms with Gasteiger partial charge in [0.1, 0.15) is 12.1 Å². The van der Waals surface area contributed by atoms with Gasteiger partial charge in [0, 0.05) is 0 Å². The lowest BCUT2D eigenvalue weighted by atomic mass is 9.80. The summed E-state index contributed by atoms with van der Waals surface area (Å²) in [7, 11) is 0. The number of fused-ring (bicyclic) bond motifs is 1. The summed E-state index contributed by atoms with van der Waals surface area (Å²) in [6, 6.07) is -0.498. The van der Waals surface area contributed by atoms with Crippen LogP contribution in [0.3, 0.4) is 0 Å². The van der Waals surface area contributed by atoms with E-state index in [1.807, 2.05) is 0 Å². The fourth-order valence-corrected chi connectivity index (χ4v) is 2.95. The fourth-order valence-electron chi connectivity index (χ4n) is 2.95. The van der Waals surface area contributed by atoms with E-state index < -0.39 is 23.6 Å². The molecule has 118 valence electrons. The van der Waals surface area contributed by atoms with E-state index in [1.54, 1.807) is 20.8 Å². The van der Waals surface area contributed by atoms with Gasteiger partial charge in [0.15, 0.2) is 0 Å². The number of hydrogen-bond donors (Lipinski definition) is 2. The average molecular weight is 298 g/mol. The number of aliphatic carboxylic acids is 1. The Bertz CT molecular complexity index is 457. The number of amides is 2. The van der Waals surface area contributed by atoms with Crippen molar-refractivity contribution < 1.29 is 24.2 Å². The summed E-state index contributed by atoms with van der Waals surface area (Å²) in [6.45, 7) is 5.28. The Kier molecular flexibility index (Phi) is 4.11. The Labute approximate surface area is 123 Å². The maximum Gasteiger partial charge on any atom is 0.411 e. The number of nitrogens with zero attached hydrogens (tertiary/aromatic N) is 1. The molecule has 2 aliphatic rings. The van der Waals surface area contributed by atoms with Crippen molar-refractivity contribution in [1.82, 2.24) is 10.2 Å². The van der Waals surface area contributed by atoms with Gasteiger partial charge in [-0.2, -0.15) is 0 Å². The van der Waals surface area contributed by atoms with Gasteiger partial charge in [-0.1, -0.05) is 0 Å². The first-order chi connectivity index (χ1) is 9.67. The Morgan fingerprint density at radius 2 is 2.00 bits per heavy atom. The second kappa shape index (κ2) is 5.54. The standard InChI is InChI=1S/C14H22N2O5/c1-14(2,3)21-13(20)16-7-11(17)15-9-6-8(12(18)19)4-5-10(9)16/h8-10H,4-7H2,1-3H3,(H,15,17)(H,18,19)/t8-,9+,10-/m0/s1. The molecule has 0 aromatic rings. The molecule has 1 aliphatic heterocycles. The van der Waals surface area contributed by atoms with Crippen molar-refractivity contribution in [1.29, 1.82) is 0 Å². The zero-order chi connectivity index (χ0) is 15.8. The van der Waals surface area contributed by atoms with Crippen LogP contribution in [0.5, 0.6) is 0 Å². The summed E-state index contributed by atoms with van der Waals surface area (Å²) in [5, 5.41) is 11.9. The van der Waals surface area contributed by atoms with E-state index in [9.17, 15) is 14.4 Å². The minimum absolute atomic E-state index is 0.0339. The molecule has 0 aromatic carbocycles. The highest BCUT2D eigenvalue weighted by Gasteiger charge is 2.44. The van der Waals surface area contributed by atoms with E-state index in [4.69, 9.17) is 9.84 Å². The van der Waals surface area contributed by atoms with E-state index in [-0.39, 0.29) is 24.5 Å². The largest absolute Gasteiger partial charge is 0.481 e. The summed E-state index contributed by atoms with van der Waals surface area (Å²) < 4.78 is 5.34. The van der Waals surface area contributed by atoms with Crippen molar-refractivity contribution in [3.05, 3.63) is 0 Å². The molecule has 0 radical (unpaired) electrons. The number of carbonyl (C=O) groups excluding carboxylic acids is 2. The number of carboxylic acids is 1. The van der Waals surface area contributed by atoms with Gasteiger partial charge < -0.3 is 15.2 Å². The molecule has 0 spiro atoms. The van der Waals surface area contributed by atoms with Gasteiger partial charge in [0.25, 0.3) is 0 Å². The molecule has 0 bridgehead atoms. The first-order valence-electron chi connectivity index (χ1n) is 7.19. The summed E-state index contributed by atoms with van der Waals surface area (Å²) in [6.07, 6.45) is 0.902. The first-order valence-corrected chi connectivity index (χ1v) is 7.19. The Morgan fingerprint density at radius 1 is 1.33 bits per heavy atom. The molecular weight excluding hydrogens is 276 g/mol. The van der Waals surface area contributed by atoms with E-state index in [0.717, 1.165) is 0 Å². The van der Waals surface area contributed by atoms with Gasteiger partial charge in [0.2, 0.25) is 5.91 Å². The zero-order valence-electron chi connectivity index (χ0n) is 12.6. The second-order valence-corrected chi connectivity index (χ2v) is 6.70. The molecular formula is C14H22N2O5. The fraction of sp³-hybridized carbons (Fsp3) is 0.786. The number of ether oxygens (including phenoxy) is 1. The van der Waals surface area contributed by atoms with Gasteiger partial charge in [-0.25, -0.2) is 4.79 Å². The number of carbonyl (C=O) groups is 3. The Hall–Kier alpha value is -1.79. The molecule has 1 aliphatic carbocycles. The number of nitrogens with one attached hydrogen (secondary N) is 1. The number of rotatable bonds is 1. The number of carboxylic acid groups (broad SMARTS) is 1. The molecule has 2 rings (SSSR count). The van der Waals surface area contributed by atoms with Crippen LogP contribution in [0.2, 0.25) is 0 Å². The van der Waals surface area contributed by atoms with E-state index in [1.165, 1.54) is 4.90 Å². The molecule has 1 saturated heterocycles. The third-order valence-corrected chi connectivity index (χ3v) is 3.85. The molecule has 1 heterocycles. The summed E-state index contributed by atoms with van der Waals surface area (Å²) in [5.74, 6) is -1.59. The molecule has 0 unspecified atom stereocenters. The molecule has 1 saturated carbocycles. The normalized spacial score (nSPS) is 29.4. The van der Waals surface area contributed by atoms with Crippen LogP contribution in [0, 0.1) is 5.92 Å². The quantitative estimate of drug-likeness (QED) is 0.752. The Morgan fingerprint density at radius 3 is 2.57 bits per heavy atom. The monoisotopic (exact) mass is 298 g/mol. The summed E-state index contributed by atoms with van der Waals surface area (Å²) in [4.78, 5) is 36.5. The molecule has 7 nitrogen and oxygen atoms in total. The molecule has 2 amide bonds. The second-order valence-electron chi connectivity index (χ2n) is 6.70. The SMILES string of the molecule is CC(C)(C)OC(=O)N1CC(=O)N[C@@H]2C[C@@H](C(=O)O)CC[C@@H]21. The van der Waals surface area contributed by atoms with E-state index >= 15 is 0 Å².